The summed E-state index contributed by atoms with van der Waals surface area (Å²) in [5, 5.41) is 2.59. The molecule has 220 valence electrons. The van der Waals surface area contributed by atoms with Crippen molar-refractivity contribution < 1.29 is 19.1 Å². The van der Waals surface area contributed by atoms with Gasteiger partial charge in [-0.1, -0.05) is 25.8 Å². The summed E-state index contributed by atoms with van der Waals surface area (Å²) in [6.45, 7) is 2.43. The lowest BCUT2D eigenvalue weighted by atomic mass is 9.78. The average molecular weight is 655 g/mol. The van der Waals surface area contributed by atoms with Gasteiger partial charge in [0.2, 0.25) is 5.91 Å². The van der Waals surface area contributed by atoms with E-state index >= 15 is 0 Å². The van der Waals surface area contributed by atoms with Crippen LogP contribution in [0.25, 0.3) is 5.69 Å². The van der Waals surface area contributed by atoms with Gasteiger partial charge in [0.1, 0.15) is 24.8 Å². The first-order valence-corrected chi connectivity index (χ1v) is 12.3. The second-order valence-electron chi connectivity index (χ2n) is 9.68. The molecule has 2 aromatic rings. The van der Waals surface area contributed by atoms with Gasteiger partial charge in [-0.3, -0.25) is 14.4 Å². The normalized spacial score (nSPS) is 25.8. The van der Waals surface area contributed by atoms with Gasteiger partial charge in [-0.25, -0.2) is 4.98 Å². The molecule has 3 heterocycles. The monoisotopic (exact) mass is 654 g/mol. The van der Waals surface area contributed by atoms with Gasteiger partial charge in [-0.15, -0.1) is 11.6 Å². The zero-order chi connectivity index (χ0) is 23.8. The van der Waals surface area contributed by atoms with Crippen molar-refractivity contribution in [3.8, 4) is 5.69 Å². The second kappa shape index (κ2) is 16.5. The number of carbonyl (C=O) groups excluding carboxylic acids is 3. The van der Waals surface area contributed by atoms with E-state index < -0.39 is 23.6 Å². The van der Waals surface area contributed by atoms with Gasteiger partial charge < -0.3 is 19.5 Å². The van der Waals surface area contributed by atoms with Gasteiger partial charge in [-0.05, 0) is 42.9 Å². The Kier molecular flexibility index (Phi) is 16.1. The number of alkyl halides is 1. The number of hydrogen-bond donors (Lipinski definition) is 1. The number of rotatable bonds is 5. The lowest BCUT2D eigenvalue weighted by molar-refractivity contribution is -0.139. The number of hydrogen-bond acceptors (Lipinski definition) is 5. The van der Waals surface area contributed by atoms with Gasteiger partial charge in [0.25, 0.3) is 5.91 Å². The Labute approximate surface area is 269 Å². The summed E-state index contributed by atoms with van der Waals surface area (Å²) in [4.78, 5) is 45.2. The molecular weight excluding hydrogens is 616 g/mol. The number of benzene rings is 1. The van der Waals surface area contributed by atoms with Crippen LogP contribution in [0.1, 0.15) is 43.0 Å². The first-order chi connectivity index (χ1) is 16.4. The standard InChI is InChI=1S/C25H29ClN4O4.5H2S/c1-15-5-7-16(8-6-15)21(25(33)30-12-19(26)23-22(30)20(31)13-34-23)28-24(32)17-3-2-4-18(11-17)29-10-9-27-14-29;;;;;/h2-4,9-11,14-16,19,21-23H,5-8,12-13H2,1H3,(H,28,32);5*1H2/t15?,16?,19-,21+,22-,23-;;;;;/m1...../s1. The number of ketones is 1. The summed E-state index contributed by atoms with van der Waals surface area (Å²) in [6.07, 6.45) is 8.38. The molecule has 0 unspecified atom stereocenters. The molecule has 1 N–H and O–H groups in total. The molecule has 2 aliphatic heterocycles. The smallest absolute Gasteiger partial charge is 0.252 e. The van der Waals surface area contributed by atoms with E-state index in [2.05, 4.69) is 17.2 Å². The van der Waals surface area contributed by atoms with E-state index in [1.807, 2.05) is 10.6 Å². The molecule has 1 aliphatic carbocycles. The van der Waals surface area contributed by atoms with E-state index in [1.165, 1.54) is 0 Å². The Morgan fingerprint density at radius 3 is 2.44 bits per heavy atom. The minimum atomic E-state index is -0.715. The molecule has 0 radical (unpaired) electrons. The van der Waals surface area contributed by atoms with Crippen molar-refractivity contribution in [1.82, 2.24) is 19.8 Å². The zero-order valence-electron chi connectivity index (χ0n) is 21.6. The topological polar surface area (TPSA) is 93.5 Å². The lowest BCUT2D eigenvalue weighted by Gasteiger charge is -2.35. The summed E-state index contributed by atoms with van der Waals surface area (Å²) in [7, 11) is 0. The van der Waals surface area contributed by atoms with Crippen LogP contribution in [-0.4, -0.2) is 68.8 Å². The fourth-order valence-electron chi connectivity index (χ4n) is 5.45. The van der Waals surface area contributed by atoms with Crippen molar-refractivity contribution >= 4 is 96.7 Å². The quantitative estimate of drug-likeness (QED) is 0.500. The summed E-state index contributed by atoms with van der Waals surface area (Å²) in [5.74, 6) is -0.0730. The Bertz CT molecular complexity index is 1090. The zero-order valence-corrected chi connectivity index (χ0v) is 27.4. The van der Waals surface area contributed by atoms with Crippen LogP contribution in [0.3, 0.4) is 0 Å². The molecule has 1 aromatic heterocycles. The number of likely N-dealkylation sites (tertiary alicyclic amines) is 1. The molecular formula is C25H39ClN4O4S5. The van der Waals surface area contributed by atoms with Crippen molar-refractivity contribution in [2.75, 3.05) is 13.2 Å². The molecule has 8 nitrogen and oxygen atoms in total. The Hall–Kier alpha value is -0.960. The Morgan fingerprint density at radius 2 is 1.79 bits per heavy atom. The van der Waals surface area contributed by atoms with Crippen LogP contribution in [-0.2, 0) is 14.3 Å². The number of nitrogens with zero attached hydrogens (tertiary/aromatic N) is 3. The van der Waals surface area contributed by atoms with E-state index in [4.69, 9.17) is 16.3 Å². The van der Waals surface area contributed by atoms with Crippen LogP contribution < -0.4 is 5.32 Å². The number of fused-ring (bicyclic) bond motifs is 1. The molecule has 14 heteroatoms. The highest BCUT2D eigenvalue weighted by molar-refractivity contribution is 7.60. The van der Waals surface area contributed by atoms with Crippen molar-refractivity contribution in [3.63, 3.8) is 0 Å². The van der Waals surface area contributed by atoms with Gasteiger partial charge in [-0.2, -0.15) is 67.5 Å². The van der Waals surface area contributed by atoms with Gasteiger partial charge >= 0.3 is 0 Å². The number of carbonyl (C=O) groups is 3. The highest BCUT2D eigenvalue weighted by Crippen LogP contribution is 2.35. The first-order valence-electron chi connectivity index (χ1n) is 11.9. The predicted molar refractivity (Wildman–Crippen MR) is 178 cm³/mol. The third-order valence-electron chi connectivity index (χ3n) is 7.40. The fraction of sp³-hybridized carbons (Fsp3) is 0.520. The molecule has 39 heavy (non-hydrogen) atoms. The summed E-state index contributed by atoms with van der Waals surface area (Å²) >= 11 is 6.43. The molecule has 1 aromatic carbocycles. The van der Waals surface area contributed by atoms with E-state index in [0.29, 0.717) is 11.5 Å². The largest absolute Gasteiger partial charge is 0.366 e. The molecule has 0 bridgehead atoms. The second-order valence-corrected chi connectivity index (χ2v) is 10.2. The maximum atomic E-state index is 13.8. The molecule has 2 saturated heterocycles. The van der Waals surface area contributed by atoms with E-state index in [9.17, 15) is 14.4 Å². The van der Waals surface area contributed by atoms with Crippen molar-refractivity contribution in [2.45, 2.75) is 56.2 Å². The number of Topliss-reactive ketones (excluding diaryl/α,β-unsaturated/α-hetero) is 1. The number of amides is 2. The number of halogens is 1. The predicted octanol–water partition coefficient (Wildman–Crippen LogP) is 3.15. The Morgan fingerprint density at radius 1 is 1.10 bits per heavy atom. The average Bonchev–Trinajstić information content (AvgIpc) is 3.58. The first kappa shape index (κ1) is 38.0. The van der Waals surface area contributed by atoms with Crippen molar-refractivity contribution in [3.05, 3.63) is 48.5 Å². The minimum absolute atomic E-state index is 0. The van der Waals surface area contributed by atoms with E-state index in [0.717, 1.165) is 31.4 Å². The number of imidazole rings is 1. The summed E-state index contributed by atoms with van der Waals surface area (Å²) in [6, 6.07) is 5.82. The number of ether oxygens (including phenoxy) is 1. The third-order valence-corrected chi connectivity index (χ3v) is 7.79. The molecule has 0 spiro atoms. The van der Waals surface area contributed by atoms with E-state index in [-0.39, 0.29) is 104 Å². The van der Waals surface area contributed by atoms with Gasteiger partial charge in [0.05, 0.1) is 11.7 Å². The van der Waals surface area contributed by atoms with Gasteiger partial charge in [0.15, 0.2) is 5.78 Å². The summed E-state index contributed by atoms with van der Waals surface area (Å²) < 4.78 is 7.37. The molecule has 1 saturated carbocycles. The molecule has 5 rings (SSSR count). The SMILES string of the molecule is CC1CCC([C@H](NC(=O)c2cccc(-n3ccnc3)c2)C(=O)N2C[C@@H](Cl)[C@H]3OCC(=O)[C@H]32)CC1.S.S.S.S.S. The van der Waals surface area contributed by atoms with Crippen LogP contribution in [0.5, 0.6) is 0 Å². The third kappa shape index (κ3) is 8.08. The summed E-state index contributed by atoms with van der Waals surface area (Å²) in [5.41, 5.74) is 1.27. The number of aromatic nitrogens is 2. The Balaban J connectivity index is 0.00000289. The molecule has 2 amide bonds. The minimum Gasteiger partial charge on any atom is -0.366 e. The van der Waals surface area contributed by atoms with Crippen LogP contribution in [0.4, 0.5) is 0 Å². The van der Waals surface area contributed by atoms with Crippen molar-refractivity contribution in [1.29, 1.82) is 0 Å². The van der Waals surface area contributed by atoms with Gasteiger partial charge in [0, 0.05) is 30.2 Å². The fourth-order valence-corrected chi connectivity index (χ4v) is 5.81. The van der Waals surface area contributed by atoms with Crippen LogP contribution >= 0.6 is 79.1 Å². The highest BCUT2D eigenvalue weighted by Gasteiger charge is 2.53. The van der Waals surface area contributed by atoms with Crippen LogP contribution in [0, 0.1) is 11.8 Å². The van der Waals surface area contributed by atoms with Crippen LogP contribution in [0.2, 0.25) is 0 Å². The van der Waals surface area contributed by atoms with Crippen LogP contribution in [0.15, 0.2) is 43.0 Å². The number of nitrogens with one attached hydrogen (secondary N) is 1. The lowest BCUT2D eigenvalue weighted by Crippen LogP contribution is -2.55. The molecule has 3 aliphatic rings. The maximum Gasteiger partial charge on any atom is 0.252 e. The van der Waals surface area contributed by atoms with E-state index in [1.54, 1.807) is 41.8 Å². The highest BCUT2D eigenvalue weighted by atomic mass is 35.5. The molecule has 4 atom stereocenters. The molecule has 3 fully saturated rings. The maximum absolute atomic E-state index is 13.8. The van der Waals surface area contributed by atoms with Crippen molar-refractivity contribution in [2.24, 2.45) is 11.8 Å².